The predicted molar refractivity (Wildman–Crippen MR) is 69.1 cm³/mol. The molecule has 0 aliphatic heterocycles. The van der Waals surface area contributed by atoms with Gasteiger partial charge in [-0.3, -0.25) is 25.0 Å². The van der Waals surface area contributed by atoms with E-state index in [0.29, 0.717) is 19.3 Å². The van der Waals surface area contributed by atoms with E-state index < -0.39 is 15.8 Å². The molecule has 0 spiro atoms. The summed E-state index contributed by atoms with van der Waals surface area (Å²) in [6, 6.07) is 5.20. The lowest BCUT2D eigenvalue weighted by molar-refractivity contribution is -0.480. The van der Waals surface area contributed by atoms with E-state index in [1.165, 1.54) is 24.3 Å². The van der Waals surface area contributed by atoms with Crippen molar-refractivity contribution in [2.24, 2.45) is 0 Å². The topological polar surface area (TPSA) is 113 Å². The minimum absolute atomic E-state index is 0.0791. The largest absolute Gasteiger partial charge is 0.427 e. The Balaban J connectivity index is 2.28. The summed E-state index contributed by atoms with van der Waals surface area (Å²) >= 11 is 0. The van der Waals surface area contributed by atoms with Crippen LogP contribution < -0.4 is 4.74 Å². The van der Waals surface area contributed by atoms with Crippen LogP contribution in [0, 0.1) is 20.2 Å². The van der Waals surface area contributed by atoms with Crippen LogP contribution in [-0.2, 0) is 4.79 Å². The normalized spacial score (nSPS) is 10.0. The molecule has 0 aromatic heterocycles. The fourth-order valence-electron chi connectivity index (χ4n) is 1.51. The lowest BCUT2D eigenvalue weighted by atomic mass is 10.2. The number of rotatable bonds is 8. The third kappa shape index (κ3) is 5.89. The van der Waals surface area contributed by atoms with Crippen molar-refractivity contribution >= 4 is 11.7 Å². The van der Waals surface area contributed by atoms with Gasteiger partial charge in [0.05, 0.1) is 4.92 Å². The Hall–Kier alpha value is -2.51. The van der Waals surface area contributed by atoms with Gasteiger partial charge in [-0.15, -0.1) is 0 Å². The van der Waals surface area contributed by atoms with Crippen LogP contribution in [0.4, 0.5) is 5.69 Å². The summed E-state index contributed by atoms with van der Waals surface area (Å²) in [5.41, 5.74) is -0.0791. The zero-order valence-electron chi connectivity index (χ0n) is 10.7. The third-order valence-electron chi connectivity index (χ3n) is 2.50. The quantitative estimate of drug-likeness (QED) is 0.238. The lowest BCUT2D eigenvalue weighted by Gasteiger charge is -2.03. The molecule has 20 heavy (non-hydrogen) atoms. The van der Waals surface area contributed by atoms with Crippen LogP contribution in [0.15, 0.2) is 24.3 Å². The second kappa shape index (κ2) is 7.82. The first-order chi connectivity index (χ1) is 9.49. The maximum Gasteiger partial charge on any atom is 0.311 e. The maximum absolute atomic E-state index is 11.4. The van der Waals surface area contributed by atoms with Crippen molar-refractivity contribution in [2.75, 3.05) is 6.54 Å². The number of nitro groups is 2. The summed E-state index contributed by atoms with van der Waals surface area (Å²) in [5.74, 6) is -0.217. The molecule has 108 valence electrons. The van der Waals surface area contributed by atoms with Gasteiger partial charge in [-0.05, 0) is 25.0 Å². The van der Waals surface area contributed by atoms with Gasteiger partial charge in [0.25, 0.3) is 5.69 Å². The van der Waals surface area contributed by atoms with Crippen LogP contribution in [-0.4, -0.2) is 22.4 Å². The van der Waals surface area contributed by atoms with E-state index in [4.69, 9.17) is 4.74 Å². The van der Waals surface area contributed by atoms with Crippen LogP contribution in [0.25, 0.3) is 0 Å². The highest BCUT2D eigenvalue weighted by Crippen LogP contribution is 2.18. The number of nitro benzene ring substituents is 1. The number of benzene rings is 1. The Morgan fingerprint density at radius 2 is 1.70 bits per heavy atom. The van der Waals surface area contributed by atoms with Crippen molar-refractivity contribution in [1.82, 2.24) is 0 Å². The number of ether oxygens (including phenoxy) is 1. The molecule has 0 amide bonds. The molecule has 1 aromatic rings. The smallest absolute Gasteiger partial charge is 0.311 e. The molecule has 0 atom stereocenters. The number of hydrogen-bond donors (Lipinski definition) is 0. The van der Waals surface area contributed by atoms with Gasteiger partial charge in [-0.2, -0.15) is 0 Å². The second-order valence-corrected chi connectivity index (χ2v) is 4.09. The highest BCUT2D eigenvalue weighted by Gasteiger charge is 2.08. The zero-order valence-corrected chi connectivity index (χ0v) is 10.7. The lowest BCUT2D eigenvalue weighted by Crippen LogP contribution is -2.08. The van der Waals surface area contributed by atoms with Gasteiger partial charge in [0.15, 0.2) is 0 Å². The molecule has 0 aliphatic rings. The maximum atomic E-state index is 11.4. The minimum atomic E-state index is -0.541. The van der Waals surface area contributed by atoms with E-state index in [-0.39, 0.29) is 24.4 Å². The second-order valence-electron chi connectivity index (χ2n) is 4.09. The molecule has 0 bridgehead atoms. The molecule has 8 heteroatoms. The average molecular weight is 282 g/mol. The molecule has 1 rings (SSSR count). The molecular formula is C12H14N2O6. The number of carbonyl (C=O) groups excluding carboxylic acids is 1. The van der Waals surface area contributed by atoms with Crippen molar-refractivity contribution in [3.8, 4) is 5.75 Å². The summed E-state index contributed by atoms with van der Waals surface area (Å²) in [5, 5.41) is 20.5. The molecule has 0 aliphatic carbocycles. The summed E-state index contributed by atoms with van der Waals surface area (Å²) in [4.78, 5) is 31.0. The molecule has 0 N–H and O–H groups in total. The van der Waals surface area contributed by atoms with Gasteiger partial charge >= 0.3 is 5.97 Å². The SMILES string of the molecule is O=C(CCCCC[N+](=O)[O-])Oc1ccc([N+](=O)[O-])cc1. The molecule has 0 unspecified atom stereocenters. The summed E-state index contributed by atoms with van der Waals surface area (Å²) in [6.07, 6.45) is 1.68. The molecule has 0 fully saturated rings. The summed E-state index contributed by atoms with van der Waals surface area (Å²) in [7, 11) is 0. The van der Waals surface area contributed by atoms with Gasteiger partial charge in [0.2, 0.25) is 6.54 Å². The Morgan fingerprint density at radius 3 is 2.25 bits per heavy atom. The van der Waals surface area contributed by atoms with Gasteiger partial charge in [-0.25, -0.2) is 0 Å². The van der Waals surface area contributed by atoms with E-state index in [9.17, 15) is 25.0 Å². The highest BCUT2D eigenvalue weighted by atomic mass is 16.6. The van der Waals surface area contributed by atoms with Crippen LogP contribution in [0.5, 0.6) is 5.75 Å². The van der Waals surface area contributed by atoms with Gasteiger partial charge in [0.1, 0.15) is 5.75 Å². The molecule has 0 saturated carbocycles. The van der Waals surface area contributed by atoms with Crippen LogP contribution in [0.2, 0.25) is 0 Å². The Bertz CT molecular complexity index is 485. The fourth-order valence-corrected chi connectivity index (χ4v) is 1.51. The molecule has 0 heterocycles. The van der Waals surface area contributed by atoms with E-state index >= 15 is 0 Å². The molecule has 8 nitrogen and oxygen atoms in total. The van der Waals surface area contributed by atoms with Crippen molar-refractivity contribution in [3.63, 3.8) is 0 Å². The van der Waals surface area contributed by atoms with E-state index in [1.807, 2.05) is 0 Å². The van der Waals surface area contributed by atoms with E-state index in [1.54, 1.807) is 0 Å². The minimum Gasteiger partial charge on any atom is -0.427 e. The van der Waals surface area contributed by atoms with Crippen LogP contribution in [0.3, 0.4) is 0 Å². The predicted octanol–water partition coefficient (Wildman–Crippen LogP) is 2.34. The molecule has 1 aromatic carbocycles. The summed E-state index contributed by atoms with van der Waals surface area (Å²) < 4.78 is 4.98. The van der Waals surface area contributed by atoms with Gasteiger partial charge in [0, 0.05) is 29.9 Å². The first-order valence-corrected chi connectivity index (χ1v) is 6.06. The van der Waals surface area contributed by atoms with E-state index in [0.717, 1.165) is 0 Å². The van der Waals surface area contributed by atoms with Crippen molar-refractivity contribution in [3.05, 3.63) is 44.5 Å². The first-order valence-electron chi connectivity index (χ1n) is 6.06. The van der Waals surface area contributed by atoms with Crippen molar-refractivity contribution in [1.29, 1.82) is 0 Å². The Labute approximate surface area is 114 Å². The number of nitrogens with zero attached hydrogens (tertiary/aromatic N) is 2. The average Bonchev–Trinajstić information content (AvgIpc) is 2.38. The van der Waals surface area contributed by atoms with E-state index in [2.05, 4.69) is 0 Å². The van der Waals surface area contributed by atoms with Crippen LogP contribution >= 0.6 is 0 Å². The fraction of sp³-hybridized carbons (Fsp3) is 0.417. The third-order valence-corrected chi connectivity index (χ3v) is 2.50. The zero-order chi connectivity index (χ0) is 15.0. The van der Waals surface area contributed by atoms with Crippen LogP contribution in [0.1, 0.15) is 25.7 Å². The monoisotopic (exact) mass is 282 g/mol. The first kappa shape index (κ1) is 15.5. The molecule has 0 radical (unpaired) electrons. The van der Waals surface area contributed by atoms with Gasteiger partial charge < -0.3 is 4.74 Å². The standard InChI is InChI=1S/C12H14N2O6/c15-12(4-2-1-3-9-13(16)17)20-11-7-5-10(6-8-11)14(18)19/h5-8H,1-4,9H2. The van der Waals surface area contributed by atoms with Crippen molar-refractivity contribution < 1.29 is 19.4 Å². The highest BCUT2D eigenvalue weighted by molar-refractivity contribution is 5.72. The number of carbonyl (C=O) groups is 1. The Kier molecular flexibility index (Phi) is 6.08. The summed E-state index contributed by atoms with van der Waals surface area (Å²) in [6.45, 7) is -0.0998. The van der Waals surface area contributed by atoms with Gasteiger partial charge in [-0.1, -0.05) is 0 Å². The number of unbranched alkanes of at least 4 members (excludes halogenated alkanes) is 2. The van der Waals surface area contributed by atoms with Crippen molar-refractivity contribution in [2.45, 2.75) is 25.7 Å². The molecular weight excluding hydrogens is 268 g/mol. The number of esters is 1. The number of non-ortho nitro benzene ring substituents is 1. The number of hydrogen-bond acceptors (Lipinski definition) is 6. The Morgan fingerprint density at radius 1 is 1.05 bits per heavy atom. The molecule has 0 saturated heterocycles.